The fourth-order valence-electron chi connectivity index (χ4n) is 7.20. The van der Waals surface area contributed by atoms with Crippen LogP contribution in [0.25, 0.3) is 33.1 Å². The zero-order chi connectivity index (χ0) is 27.6. The highest BCUT2D eigenvalue weighted by Gasteiger charge is 2.45. The molecule has 3 aromatic heterocycles. The summed E-state index contributed by atoms with van der Waals surface area (Å²) in [5, 5.41) is 19.4. The Morgan fingerprint density at radius 3 is 2.60 bits per heavy atom. The van der Waals surface area contributed by atoms with Gasteiger partial charge in [-0.3, -0.25) is 15.0 Å². The molecule has 3 saturated heterocycles. The van der Waals surface area contributed by atoms with Crippen LogP contribution in [-0.2, 0) is 0 Å². The van der Waals surface area contributed by atoms with Crippen molar-refractivity contribution < 1.29 is 14.2 Å². The van der Waals surface area contributed by atoms with Crippen molar-refractivity contribution in [1.82, 2.24) is 30.0 Å². The second kappa shape index (κ2) is 9.34. The Hall–Kier alpha value is -3.37. The standard InChI is InChI=1S/C30H36FN7O2/c1-18-13-22-20(15-33-36-22)23(19(18)2)26-24(31)25-21(14-32-26)27(37-10-4-7-29(3,39)16-37)35-28(34-25)40-17-30-8-5-11-38(30)12-6-9-30/h13-15,39H,4-12,16-17H2,1-3H3,(H,33,36). The number of aromatic nitrogens is 5. The minimum Gasteiger partial charge on any atom is -0.461 e. The number of anilines is 1. The Kier molecular flexibility index (Phi) is 5.98. The summed E-state index contributed by atoms with van der Waals surface area (Å²) in [7, 11) is 0. The SMILES string of the molecule is Cc1cc2[nH]ncc2c(-c2ncc3c(N4CCCC(C)(O)C4)nc(OCC45CCCN4CCC5)nc3c2F)c1C. The minimum atomic E-state index is -0.860. The molecule has 9 nitrogen and oxygen atoms in total. The third-order valence-electron chi connectivity index (χ3n) is 9.40. The second-order valence-corrected chi connectivity index (χ2v) is 12.3. The summed E-state index contributed by atoms with van der Waals surface area (Å²) in [6.45, 7) is 9.59. The van der Waals surface area contributed by atoms with E-state index in [-0.39, 0.29) is 22.8 Å². The second-order valence-electron chi connectivity index (χ2n) is 12.3. The smallest absolute Gasteiger partial charge is 0.319 e. The van der Waals surface area contributed by atoms with Gasteiger partial charge in [0, 0.05) is 30.2 Å². The van der Waals surface area contributed by atoms with E-state index in [4.69, 9.17) is 9.72 Å². The average molecular weight is 546 g/mol. The molecule has 7 rings (SSSR count). The van der Waals surface area contributed by atoms with Crippen molar-refractivity contribution in [3.8, 4) is 17.3 Å². The van der Waals surface area contributed by atoms with Crippen molar-refractivity contribution in [2.45, 2.75) is 70.4 Å². The molecule has 1 unspecified atom stereocenters. The third kappa shape index (κ3) is 4.11. The Morgan fingerprint density at radius 1 is 1.05 bits per heavy atom. The number of benzene rings is 1. The highest BCUT2D eigenvalue weighted by atomic mass is 19.1. The molecule has 40 heavy (non-hydrogen) atoms. The number of aliphatic hydroxyl groups is 1. The molecular formula is C30H36FN7O2. The summed E-state index contributed by atoms with van der Waals surface area (Å²) in [5.74, 6) is 0.0482. The van der Waals surface area contributed by atoms with Crippen LogP contribution in [-0.4, -0.2) is 79.1 Å². The predicted octanol–water partition coefficient (Wildman–Crippen LogP) is 4.68. The maximum Gasteiger partial charge on any atom is 0.319 e. The number of rotatable bonds is 5. The van der Waals surface area contributed by atoms with E-state index in [1.54, 1.807) is 12.4 Å². The van der Waals surface area contributed by atoms with Gasteiger partial charge in [-0.05, 0) is 89.6 Å². The summed E-state index contributed by atoms with van der Waals surface area (Å²) >= 11 is 0. The first-order chi connectivity index (χ1) is 19.2. The van der Waals surface area contributed by atoms with Gasteiger partial charge in [-0.25, -0.2) is 4.39 Å². The number of ether oxygens (including phenoxy) is 1. The molecule has 3 aliphatic rings. The zero-order valence-corrected chi connectivity index (χ0v) is 23.4. The summed E-state index contributed by atoms with van der Waals surface area (Å²) in [4.78, 5) is 18.7. The van der Waals surface area contributed by atoms with Gasteiger partial charge in [-0.2, -0.15) is 15.1 Å². The highest BCUT2D eigenvalue weighted by Crippen LogP contribution is 2.41. The average Bonchev–Trinajstić information content (AvgIpc) is 3.64. The number of pyridine rings is 1. The van der Waals surface area contributed by atoms with E-state index in [0.29, 0.717) is 42.9 Å². The van der Waals surface area contributed by atoms with E-state index in [2.05, 4.69) is 25.1 Å². The lowest BCUT2D eigenvalue weighted by molar-refractivity contribution is 0.0447. The first-order valence-electron chi connectivity index (χ1n) is 14.4. The van der Waals surface area contributed by atoms with Crippen LogP contribution in [0, 0.1) is 19.7 Å². The number of halogens is 1. The number of hydrogen-bond donors (Lipinski definition) is 2. The van der Waals surface area contributed by atoms with E-state index in [9.17, 15) is 5.11 Å². The van der Waals surface area contributed by atoms with E-state index in [1.807, 2.05) is 31.7 Å². The molecule has 1 aromatic carbocycles. The molecule has 0 bridgehead atoms. The van der Waals surface area contributed by atoms with Crippen molar-refractivity contribution in [3.05, 3.63) is 35.4 Å². The van der Waals surface area contributed by atoms with Gasteiger partial charge in [0.25, 0.3) is 0 Å². The molecule has 210 valence electrons. The Balaban J connectivity index is 1.37. The van der Waals surface area contributed by atoms with Crippen molar-refractivity contribution >= 4 is 27.6 Å². The van der Waals surface area contributed by atoms with Gasteiger partial charge < -0.3 is 14.7 Å². The lowest BCUT2D eigenvalue weighted by atomic mass is 9.94. The van der Waals surface area contributed by atoms with Crippen LogP contribution in [0.3, 0.4) is 0 Å². The Labute approximate surface area is 232 Å². The number of aryl methyl sites for hydroxylation is 1. The van der Waals surface area contributed by atoms with Gasteiger partial charge in [0.05, 0.1) is 28.2 Å². The third-order valence-corrected chi connectivity index (χ3v) is 9.40. The molecule has 0 saturated carbocycles. The Morgan fingerprint density at radius 2 is 1.82 bits per heavy atom. The quantitative estimate of drug-likeness (QED) is 0.373. The van der Waals surface area contributed by atoms with Crippen LogP contribution < -0.4 is 9.64 Å². The first-order valence-corrected chi connectivity index (χ1v) is 14.4. The van der Waals surface area contributed by atoms with Gasteiger partial charge in [-0.1, -0.05) is 0 Å². The lowest BCUT2D eigenvalue weighted by Crippen LogP contribution is -2.46. The van der Waals surface area contributed by atoms with Gasteiger partial charge in [-0.15, -0.1) is 0 Å². The van der Waals surface area contributed by atoms with Crippen molar-refractivity contribution in [2.75, 3.05) is 37.7 Å². The molecule has 0 spiro atoms. The molecule has 0 radical (unpaired) electrons. The number of H-pyrrole nitrogens is 1. The van der Waals surface area contributed by atoms with Crippen molar-refractivity contribution in [3.63, 3.8) is 0 Å². The number of aromatic amines is 1. The van der Waals surface area contributed by atoms with E-state index < -0.39 is 11.4 Å². The molecule has 3 aliphatic heterocycles. The zero-order valence-electron chi connectivity index (χ0n) is 23.4. The largest absolute Gasteiger partial charge is 0.461 e. The number of nitrogens with zero attached hydrogens (tertiary/aromatic N) is 6. The molecule has 2 N–H and O–H groups in total. The normalized spacial score (nSPS) is 22.9. The van der Waals surface area contributed by atoms with Crippen LogP contribution in [0.5, 0.6) is 6.01 Å². The van der Waals surface area contributed by atoms with Gasteiger partial charge in [0.2, 0.25) is 0 Å². The molecule has 10 heteroatoms. The number of β-amino-alcohol motifs (C(OH)–C–C–N with tert-alkyl or cyclic N) is 1. The summed E-state index contributed by atoms with van der Waals surface area (Å²) in [5.41, 5.74) is 3.07. The minimum absolute atomic E-state index is 0.0147. The maximum atomic E-state index is 16.6. The van der Waals surface area contributed by atoms with E-state index in [1.165, 1.54) is 0 Å². The number of fused-ring (bicyclic) bond motifs is 3. The van der Waals surface area contributed by atoms with Crippen LogP contribution in [0.1, 0.15) is 56.6 Å². The van der Waals surface area contributed by atoms with Crippen LogP contribution >= 0.6 is 0 Å². The summed E-state index contributed by atoms with van der Waals surface area (Å²) in [6.07, 6.45) is 9.41. The van der Waals surface area contributed by atoms with Crippen molar-refractivity contribution in [2.24, 2.45) is 0 Å². The van der Waals surface area contributed by atoms with E-state index in [0.717, 1.165) is 67.2 Å². The fraction of sp³-hybridized carbons (Fsp3) is 0.533. The lowest BCUT2D eigenvalue weighted by Gasteiger charge is -2.38. The monoisotopic (exact) mass is 545 g/mol. The molecular weight excluding hydrogens is 509 g/mol. The molecule has 3 fully saturated rings. The summed E-state index contributed by atoms with van der Waals surface area (Å²) < 4.78 is 23.0. The Bertz CT molecular complexity index is 1610. The molecule has 0 amide bonds. The molecule has 1 atom stereocenters. The molecule has 4 aromatic rings. The van der Waals surface area contributed by atoms with E-state index >= 15 is 4.39 Å². The number of nitrogens with one attached hydrogen (secondary N) is 1. The van der Waals surface area contributed by atoms with Crippen molar-refractivity contribution in [1.29, 1.82) is 0 Å². The number of piperidine rings is 1. The van der Waals surface area contributed by atoms with Crippen LogP contribution in [0.4, 0.5) is 10.2 Å². The fourth-order valence-corrected chi connectivity index (χ4v) is 7.20. The van der Waals surface area contributed by atoms with Gasteiger partial charge in [0.15, 0.2) is 5.82 Å². The van der Waals surface area contributed by atoms with Gasteiger partial charge in [0.1, 0.15) is 23.6 Å². The maximum absolute atomic E-state index is 16.6. The topological polar surface area (TPSA) is 103 Å². The predicted molar refractivity (Wildman–Crippen MR) is 152 cm³/mol. The molecule has 0 aliphatic carbocycles. The summed E-state index contributed by atoms with van der Waals surface area (Å²) in [6, 6.07) is 2.19. The van der Waals surface area contributed by atoms with Gasteiger partial charge >= 0.3 is 6.01 Å². The van der Waals surface area contributed by atoms with Crippen LogP contribution in [0.15, 0.2) is 18.5 Å². The van der Waals surface area contributed by atoms with Crippen LogP contribution in [0.2, 0.25) is 0 Å². The number of hydrogen-bond acceptors (Lipinski definition) is 8. The highest BCUT2D eigenvalue weighted by molar-refractivity contribution is 5.99. The first kappa shape index (κ1) is 25.6. The molecule has 6 heterocycles.